The van der Waals surface area contributed by atoms with Crippen LogP contribution in [0.15, 0.2) is 187 Å². The summed E-state index contributed by atoms with van der Waals surface area (Å²) in [4.78, 5) is 3.67. The van der Waals surface area contributed by atoms with E-state index in [1.807, 2.05) is 0 Å². The van der Waals surface area contributed by atoms with Crippen LogP contribution in [0.25, 0.3) is 0 Å². The van der Waals surface area contributed by atoms with E-state index in [2.05, 4.69) is 177 Å². The second-order valence-corrected chi connectivity index (χ2v) is 17.4. The Morgan fingerprint density at radius 2 is 0.920 bits per heavy atom. The molecule has 8 rings (SSSR count). The largest absolute Gasteiger partial charge is 1.00 e. The van der Waals surface area contributed by atoms with Gasteiger partial charge in [0.15, 0.2) is 11.5 Å². The monoisotopic (exact) mass is 737 g/mol. The van der Waals surface area contributed by atoms with E-state index in [4.69, 9.17) is 4.74 Å². The van der Waals surface area contributed by atoms with Crippen LogP contribution in [0, 0.1) is 0 Å². The maximum atomic E-state index is 9.81. The number of hydrogen-bond donors (Lipinski definition) is 0. The Labute approximate surface area is 308 Å². The minimum atomic E-state index is -1.32. The van der Waals surface area contributed by atoms with E-state index in [0.717, 1.165) is 17.8 Å². The van der Waals surface area contributed by atoms with Gasteiger partial charge in [-0.05, 0) is 72.8 Å². The summed E-state index contributed by atoms with van der Waals surface area (Å²) >= 11 is 0. The molecule has 3 nitrogen and oxygen atoms in total. The molecule has 0 amide bonds. The molecule has 50 heavy (non-hydrogen) atoms. The van der Waals surface area contributed by atoms with Gasteiger partial charge in [-0.25, -0.2) is 0 Å². The summed E-state index contributed by atoms with van der Waals surface area (Å²) in [5, 5.41) is 17.9. The molecule has 0 radical (unpaired) electrons. The first-order valence-electron chi connectivity index (χ1n) is 16.5. The van der Waals surface area contributed by atoms with E-state index < -0.39 is 15.8 Å². The first-order chi connectivity index (χ1) is 24.1. The number of benzene rings is 6. The fourth-order valence-corrected chi connectivity index (χ4v) is 12.0. The van der Waals surface area contributed by atoms with Crippen LogP contribution in [0.5, 0.6) is 11.5 Å². The summed E-state index contributed by atoms with van der Waals surface area (Å²) in [6, 6.07) is 57.5. The average Bonchev–Trinajstić information content (AvgIpc) is 3.69. The van der Waals surface area contributed by atoms with Crippen molar-refractivity contribution in [2.75, 3.05) is 0 Å². The molecule has 0 atom stereocenters. The normalized spacial score (nSPS) is 14.3. The maximum absolute atomic E-state index is 9.81. The third kappa shape index (κ3) is 7.18. The maximum Gasteiger partial charge on any atom is 1.00 e. The van der Waals surface area contributed by atoms with Crippen molar-refractivity contribution in [1.82, 2.24) is 0 Å². The van der Waals surface area contributed by atoms with Gasteiger partial charge in [-0.3, -0.25) is 4.99 Å². The summed E-state index contributed by atoms with van der Waals surface area (Å²) in [6.07, 6.45) is 5.69. The average molecular weight is 738 g/mol. The summed E-state index contributed by atoms with van der Waals surface area (Å²) in [5.41, 5.74) is 2.80. The number of aliphatic imine (C=N–C) groups is 1. The first kappa shape index (κ1) is 35.3. The molecule has 0 saturated carbocycles. The number of para-hydroxylation sites is 2. The van der Waals surface area contributed by atoms with Crippen molar-refractivity contribution in [1.29, 1.82) is 0 Å². The quantitative estimate of drug-likeness (QED) is 0.106. The third-order valence-corrected chi connectivity index (χ3v) is 14.6. The van der Waals surface area contributed by atoms with Gasteiger partial charge in [-0.1, -0.05) is 111 Å². The van der Waals surface area contributed by atoms with Crippen LogP contribution in [0.2, 0.25) is 0 Å². The zero-order valence-corrected chi connectivity index (χ0v) is 30.8. The zero-order chi connectivity index (χ0) is 33.6. The molecular weight excluding hydrogens is 700 g/mol. The molecule has 0 spiro atoms. The van der Waals surface area contributed by atoms with E-state index in [9.17, 15) is 5.11 Å². The van der Waals surface area contributed by atoms with Gasteiger partial charge in [-0.15, -0.1) is 6.26 Å². The van der Waals surface area contributed by atoms with Gasteiger partial charge in [0, 0.05) is 28.5 Å². The number of ether oxygens (including phenoxy) is 1. The molecular formula is C44H38CuNO2P2+2. The molecule has 250 valence electrons. The number of allylic oxidation sites excluding steroid dienone is 2. The number of rotatable bonds is 6. The Morgan fingerprint density at radius 3 is 1.22 bits per heavy atom. The van der Waals surface area contributed by atoms with Crippen molar-refractivity contribution in [2.24, 2.45) is 4.99 Å². The predicted octanol–water partition coefficient (Wildman–Crippen LogP) is 6.93. The minimum Gasteiger partial charge on any atom is -0.876 e. The van der Waals surface area contributed by atoms with Crippen LogP contribution in [0.3, 0.4) is 0 Å². The van der Waals surface area contributed by atoms with Crippen molar-refractivity contribution in [3.63, 3.8) is 0 Å². The SMILES string of the molecule is CC1(C)c2cccc([PH+](c3ccccc3)c3ccccc3)c2Oc2c([PH+](c3ccccc3)c3ccccc3)cccc21.[Cu+].[O-]/C=C1/C=CC=N1. The molecule has 0 fully saturated rings. The van der Waals surface area contributed by atoms with Gasteiger partial charge in [0.05, 0.1) is 0 Å². The third-order valence-electron chi connectivity index (χ3n) is 9.07. The summed E-state index contributed by atoms with van der Waals surface area (Å²) in [6.45, 7) is 4.71. The van der Waals surface area contributed by atoms with Crippen LogP contribution >= 0.6 is 15.8 Å². The minimum absolute atomic E-state index is 0. The van der Waals surface area contributed by atoms with Crippen molar-refractivity contribution < 1.29 is 26.9 Å². The molecule has 2 aliphatic heterocycles. The summed E-state index contributed by atoms with van der Waals surface area (Å²) < 4.78 is 7.27. The van der Waals surface area contributed by atoms with Gasteiger partial charge in [0.1, 0.15) is 47.7 Å². The van der Waals surface area contributed by atoms with E-state index in [1.165, 1.54) is 43.0 Å². The first-order valence-corrected chi connectivity index (χ1v) is 19.5. The Hall–Kier alpha value is -4.55. The molecule has 0 aromatic heterocycles. The zero-order valence-electron chi connectivity index (χ0n) is 27.9. The Bertz CT molecular complexity index is 1910. The molecule has 2 heterocycles. The topological polar surface area (TPSA) is 44.6 Å². The van der Waals surface area contributed by atoms with Gasteiger partial charge < -0.3 is 9.84 Å². The molecule has 6 aromatic carbocycles. The molecule has 0 N–H and O–H groups in total. The van der Waals surface area contributed by atoms with Crippen LogP contribution < -0.4 is 41.7 Å². The fraction of sp³-hybridized carbons (Fsp3) is 0.0682. The van der Waals surface area contributed by atoms with Crippen molar-refractivity contribution in [3.05, 3.63) is 193 Å². The second kappa shape index (κ2) is 16.0. The summed E-state index contributed by atoms with van der Waals surface area (Å²) in [5.74, 6) is 2.07. The van der Waals surface area contributed by atoms with Crippen LogP contribution in [0.1, 0.15) is 25.0 Å². The molecule has 0 bridgehead atoms. The van der Waals surface area contributed by atoms with Gasteiger partial charge in [-0.2, -0.15) is 0 Å². The Morgan fingerprint density at radius 1 is 0.540 bits per heavy atom. The number of hydrogen-bond acceptors (Lipinski definition) is 3. The van der Waals surface area contributed by atoms with E-state index in [-0.39, 0.29) is 22.5 Å². The second-order valence-electron chi connectivity index (χ2n) is 12.5. The summed E-state index contributed by atoms with van der Waals surface area (Å²) in [7, 11) is -2.64. The van der Waals surface area contributed by atoms with E-state index in [1.54, 1.807) is 18.4 Å². The van der Waals surface area contributed by atoms with Gasteiger partial charge in [0.2, 0.25) is 0 Å². The van der Waals surface area contributed by atoms with E-state index >= 15 is 0 Å². The molecule has 0 unspecified atom stereocenters. The smallest absolute Gasteiger partial charge is 0.876 e. The number of fused-ring (bicyclic) bond motifs is 2. The van der Waals surface area contributed by atoms with Gasteiger partial charge in [0.25, 0.3) is 0 Å². The fourth-order valence-electron chi connectivity index (χ4n) is 6.68. The van der Waals surface area contributed by atoms with E-state index in [0.29, 0.717) is 5.70 Å². The standard InChI is InChI=1S/C39H32OP2.C5H5NO.Cu/c1-39(2)33-25-15-27-35(41(29-17-7-3-8-18-29)30-19-9-4-10-20-30)37(33)40-38-34(39)26-16-28-36(38)42(31-21-11-5-12-22-31)32-23-13-6-14-24-32;7-4-5-2-1-3-6-5;/h3-28H,1-2H3;1-4,7H;/q;;+1/p+1/b;5-4-;. The van der Waals surface area contributed by atoms with Crippen molar-refractivity contribution in [2.45, 2.75) is 19.3 Å². The Kier molecular flexibility index (Phi) is 11.3. The predicted molar refractivity (Wildman–Crippen MR) is 211 cm³/mol. The molecule has 6 heteroatoms. The van der Waals surface area contributed by atoms with Gasteiger partial charge >= 0.3 is 17.1 Å². The molecule has 6 aromatic rings. The van der Waals surface area contributed by atoms with Crippen molar-refractivity contribution in [3.8, 4) is 11.5 Å². The Balaban J connectivity index is 0.000000484. The van der Waals surface area contributed by atoms with Crippen molar-refractivity contribution >= 4 is 53.9 Å². The van der Waals surface area contributed by atoms with Crippen LogP contribution in [-0.4, -0.2) is 6.21 Å². The van der Waals surface area contributed by atoms with Crippen LogP contribution in [0.4, 0.5) is 0 Å². The molecule has 2 aliphatic rings. The molecule has 0 saturated heterocycles. The van der Waals surface area contributed by atoms with Crippen LogP contribution in [-0.2, 0) is 22.5 Å². The number of nitrogens with zero attached hydrogens (tertiary/aromatic N) is 1. The molecule has 0 aliphatic carbocycles.